The monoisotopic (exact) mass is 361 g/mol. The summed E-state index contributed by atoms with van der Waals surface area (Å²) in [7, 11) is 0. The third-order valence-electron chi connectivity index (χ3n) is 3.86. The fourth-order valence-electron chi connectivity index (χ4n) is 2.46. The van der Waals surface area contributed by atoms with Crippen LogP contribution >= 0.6 is 0 Å². The van der Waals surface area contributed by atoms with Crippen LogP contribution in [-0.4, -0.2) is 44.6 Å². The van der Waals surface area contributed by atoms with Gasteiger partial charge in [0.1, 0.15) is 11.3 Å². The molecule has 0 saturated heterocycles. The van der Waals surface area contributed by atoms with Gasteiger partial charge in [-0.05, 0) is 20.8 Å². The lowest BCUT2D eigenvalue weighted by atomic mass is 10.0. The zero-order valence-electron chi connectivity index (χ0n) is 14.7. The van der Waals surface area contributed by atoms with Gasteiger partial charge >= 0.3 is 12.3 Å². The van der Waals surface area contributed by atoms with Gasteiger partial charge < -0.3 is 14.2 Å². The maximum absolute atomic E-state index is 12.7. The molecule has 2 rings (SSSR count). The number of amides is 1. The average Bonchev–Trinajstić information content (AvgIpc) is 2.87. The summed E-state index contributed by atoms with van der Waals surface area (Å²) in [5.41, 5.74) is -0.226. The molecule has 1 atom stereocenters. The molecule has 1 amide bonds. The summed E-state index contributed by atoms with van der Waals surface area (Å²) >= 11 is 0. The van der Waals surface area contributed by atoms with Crippen LogP contribution in [0.3, 0.4) is 0 Å². The van der Waals surface area contributed by atoms with Crippen molar-refractivity contribution >= 4 is 11.9 Å². The molecule has 0 unspecified atom stereocenters. The molecule has 1 aliphatic rings. The molecule has 6 nitrogen and oxygen atoms in total. The fourth-order valence-corrected chi connectivity index (χ4v) is 2.46. The lowest BCUT2D eigenvalue weighted by molar-refractivity contribution is -0.168. The van der Waals surface area contributed by atoms with Crippen LogP contribution in [0.1, 0.15) is 50.3 Å². The normalized spacial score (nSPS) is 16.4. The summed E-state index contributed by atoms with van der Waals surface area (Å²) in [5, 5.41) is 0. The van der Waals surface area contributed by atoms with Crippen LogP contribution in [0.15, 0.2) is 6.33 Å². The molecule has 1 aromatic heterocycles. The second kappa shape index (κ2) is 6.68. The summed E-state index contributed by atoms with van der Waals surface area (Å²) in [6, 6.07) is 0. The minimum atomic E-state index is -4.43. The Morgan fingerprint density at radius 2 is 1.92 bits per heavy atom. The summed E-state index contributed by atoms with van der Waals surface area (Å²) in [6.07, 6.45) is -4.20. The summed E-state index contributed by atoms with van der Waals surface area (Å²) in [4.78, 5) is 29.8. The van der Waals surface area contributed by atoms with Crippen molar-refractivity contribution in [2.75, 3.05) is 6.54 Å². The van der Waals surface area contributed by atoms with Gasteiger partial charge in [-0.25, -0.2) is 9.78 Å². The van der Waals surface area contributed by atoms with Crippen molar-refractivity contribution in [2.24, 2.45) is 5.92 Å². The molecule has 1 aliphatic heterocycles. The average molecular weight is 361 g/mol. The maximum Gasteiger partial charge on any atom is 0.410 e. The number of ether oxygens (including phenoxy) is 1. The van der Waals surface area contributed by atoms with Crippen molar-refractivity contribution < 1.29 is 27.5 Å². The van der Waals surface area contributed by atoms with E-state index in [2.05, 4.69) is 4.98 Å². The first-order chi connectivity index (χ1) is 11.4. The second-order valence-electron chi connectivity index (χ2n) is 7.21. The molecule has 0 aliphatic carbocycles. The zero-order chi connectivity index (χ0) is 19.0. The zero-order valence-corrected chi connectivity index (χ0v) is 14.7. The molecule has 0 fully saturated rings. The number of halogens is 3. The molecule has 25 heavy (non-hydrogen) atoms. The molecule has 9 heteroatoms. The number of ketones is 1. The third kappa shape index (κ3) is 4.73. The Bertz CT molecular complexity index is 662. The predicted octanol–water partition coefficient (Wildman–Crippen LogP) is 3.41. The number of hydrogen-bond donors (Lipinski definition) is 0. The smallest absolute Gasteiger partial charge is 0.410 e. The van der Waals surface area contributed by atoms with Crippen molar-refractivity contribution in [3.05, 3.63) is 17.7 Å². The Morgan fingerprint density at radius 3 is 2.48 bits per heavy atom. The Balaban J connectivity index is 2.13. The highest BCUT2D eigenvalue weighted by Gasteiger charge is 2.38. The fraction of sp³-hybridized carbons (Fsp3) is 0.688. The molecule has 0 saturated carbocycles. The summed E-state index contributed by atoms with van der Waals surface area (Å²) < 4.78 is 45.0. The Labute approximate surface area is 144 Å². The van der Waals surface area contributed by atoms with E-state index in [-0.39, 0.29) is 12.2 Å². The lowest BCUT2D eigenvalue weighted by Gasteiger charge is -2.31. The number of nitrogens with zero attached hydrogens (tertiary/aromatic N) is 3. The van der Waals surface area contributed by atoms with Crippen molar-refractivity contribution in [2.45, 2.75) is 59.0 Å². The lowest BCUT2D eigenvalue weighted by Crippen LogP contribution is -2.41. The first-order valence-electron chi connectivity index (χ1n) is 8.00. The first-order valence-corrected chi connectivity index (χ1v) is 8.00. The molecule has 0 N–H and O–H groups in total. The highest BCUT2D eigenvalue weighted by atomic mass is 19.4. The third-order valence-corrected chi connectivity index (χ3v) is 3.86. The van der Waals surface area contributed by atoms with E-state index in [1.54, 1.807) is 25.3 Å². The van der Waals surface area contributed by atoms with Crippen molar-refractivity contribution in [1.82, 2.24) is 14.5 Å². The van der Waals surface area contributed by atoms with Crippen LogP contribution in [0.25, 0.3) is 0 Å². The summed E-state index contributed by atoms with van der Waals surface area (Å²) in [6.45, 7) is 7.06. The van der Waals surface area contributed by atoms with Crippen LogP contribution in [0, 0.1) is 5.92 Å². The van der Waals surface area contributed by atoms with E-state index in [1.807, 2.05) is 0 Å². The Kier molecular flexibility index (Phi) is 5.15. The number of hydrogen-bond acceptors (Lipinski definition) is 4. The molecular formula is C16H22F3N3O3. The van der Waals surface area contributed by atoms with Crippen LogP contribution in [0.2, 0.25) is 0 Å². The van der Waals surface area contributed by atoms with Gasteiger partial charge in [-0.3, -0.25) is 4.79 Å². The molecule has 140 valence electrons. The SMILES string of the molecule is C[C@@H](CC(=O)c1ncn2c1CN(C(=O)OC(C)(C)C)CC2)C(F)(F)F. The second-order valence-corrected chi connectivity index (χ2v) is 7.21. The van der Waals surface area contributed by atoms with Crippen molar-refractivity contribution in [3.8, 4) is 0 Å². The molecule has 1 aromatic rings. The number of rotatable bonds is 3. The number of carbonyl (C=O) groups is 2. The van der Waals surface area contributed by atoms with E-state index in [9.17, 15) is 22.8 Å². The van der Waals surface area contributed by atoms with E-state index < -0.39 is 36.0 Å². The van der Waals surface area contributed by atoms with E-state index in [4.69, 9.17) is 4.74 Å². The highest BCUT2D eigenvalue weighted by Crippen LogP contribution is 2.30. The minimum Gasteiger partial charge on any atom is -0.444 e. The van der Waals surface area contributed by atoms with E-state index in [1.165, 1.54) is 11.2 Å². The van der Waals surface area contributed by atoms with E-state index in [0.717, 1.165) is 6.92 Å². The van der Waals surface area contributed by atoms with Crippen molar-refractivity contribution in [3.63, 3.8) is 0 Å². The molecular weight excluding hydrogens is 339 g/mol. The largest absolute Gasteiger partial charge is 0.444 e. The standard InChI is InChI=1S/C16H22F3N3O3/c1-10(16(17,18)19)7-12(23)13-11-8-21(5-6-22(11)9-20-13)14(24)25-15(2,3)4/h9-10H,5-8H2,1-4H3/t10-/m0/s1. The number of imidazole rings is 1. The van der Waals surface area contributed by atoms with Gasteiger partial charge in [0.15, 0.2) is 5.78 Å². The van der Waals surface area contributed by atoms with Gasteiger partial charge in [0, 0.05) is 19.5 Å². The molecule has 0 spiro atoms. The highest BCUT2D eigenvalue weighted by molar-refractivity contribution is 5.95. The van der Waals surface area contributed by atoms with Crippen molar-refractivity contribution in [1.29, 1.82) is 0 Å². The van der Waals surface area contributed by atoms with E-state index in [0.29, 0.717) is 18.8 Å². The molecule has 0 bridgehead atoms. The van der Waals surface area contributed by atoms with Gasteiger partial charge in [-0.2, -0.15) is 13.2 Å². The van der Waals surface area contributed by atoms with E-state index >= 15 is 0 Å². The van der Waals surface area contributed by atoms with Crippen LogP contribution in [-0.2, 0) is 17.8 Å². The van der Waals surface area contributed by atoms with Gasteiger partial charge in [0.05, 0.1) is 24.5 Å². The minimum absolute atomic E-state index is 0.00985. The number of Topliss-reactive ketones (excluding diaryl/α,β-unsaturated/α-hetero) is 1. The van der Waals surface area contributed by atoms with Gasteiger partial charge in [-0.1, -0.05) is 6.92 Å². The van der Waals surface area contributed by atoms with Gasteiger partial charge in [-0.15, -0.1) is 0 Å². The maximum atomic E-state index is 12.7. The first kappa shape index (κ1) is 19.3. The number of carbonyl (C=O) groups excluding carboxylic acids is 2. The number of aromatic nitrogens is 2. The van der Waals surface area contributed by atoms with Crippen LogP contribution in [0.5, 0.6) is 0 Å². The van der Waals surface area contributed by atoms with Gasteiger partial charge in [0.2, 0.25) is 0 Å². The van der Waals surface area contributed by atoms with Crippen LogP contribution < -0.4 is 0 Å². The summed E-state index contributed by atoms with van der Waals surface area (Å²) in [5.74, 6) is -2.42. The number of alkyl halides is 3. The quantitative estimate of drug-likeness (QED) is 0.774. The predicted molar refractivity (Wildman–Crippen MR) is 83.0 cm³/mol. The molecule has 2 heterocycles. The Morgan fingerprint density at radius 1 is 1.28 bits per heavy atom. The number of fused-ring (bicyclic) bond motifs is 1. The van der Waals surface area contributed by atoms with Gasteiger partial charge in [0.25, 0.3) is 0 Å². The molecule has 0 radical (unpaired) electrons. The Hall–Kier alpha value is -2.06. The van der Waals surface area contributed by atoms with Crippen LogP contribution in [0.4, 0.5) is 18.0 Å². The molecule has 0 aromatic carbocycles. The topological polar surface area (TPSA) is 64.4 Å².